The number of nitrogens with one attached hydrogen (secondary N) is 1. The van der Waals surface area contributed by atoms with Gasteiger partial charge in [0.2, 0.25) is 0 Å². The van der Waals surface area contributed by atoms with Crippen LogP contribution in [0.3, 0.4) is 0 Å². The Balaban J connectivity index is 1.69. The topological polar surface area (TPSA) is 103 Å². The lowest BCUT2D eigenvalue weighted by atomic mass is 10.1. The van der Waals surface area contributed by atoms with Gasteiger partial charge in [-0.1, -0.05) is 30.3 Å². The predicted octanol–water partition coefficient (Wildman–Crippen LogP) is 2.33. The molecule has 1 amide bonds. The third-order valence-corrected chi connectivity index (χ3v) is 4.21. The summed E-state index contributed by atoms with van der Waals surface area (Å²) >= 11 is 1.21. The lowest BCUT2D eigenvalue weighted by Crippen LogP contribution is -2.29. The van der Waals surface area contributed by atoms with Gasteiger partial charge >= 0.3 is 6.09 Å². The molecule has 2 aromatic rings. The highest BCUT2D eigenvalue weighted by Crippen LogP contribution is 2.24. The molecule has 1 aromatic carbocycles. The van der Waals surface area contributed by atoms with Crippen LogP contribution in [-0.2, 0) is 11.3 Å². The molecule has 0 saturated heterocycles. The summed E-state index contributed by atoms with van der Waals surface area (Å²) in [5.74, 6) is 0. The number of nitrogens with zero attached hydrogens (tertiary/aromatic N) is 1. The van der Waals surface area contributed by atoms with Crippen molar-refractivity contribution in [1.29, 1.82) is 5.26 Å². The number of amides is 1. The van der Waals surface area contributed by atoms with Gasteiger partial charge in [0.25, 0.3) is 0 Å². The van der Waals surface area contributed by atoms with E-state index in [1.807, 2.05) is 36.4 Å². The lowest BCUT2D eigenvalue weighted by Gasteiger charge is -2.17. The van der Waals surface area contributed by atoms with Crippen LogP contribution in [-0.4, -0.2) is 29.0 Å². The van der Waals surface area contributed by atoms with Crippen molar-refractivity contribution in [2.45, 2.75) is 25.2 Å². The van der Waals surface area contributed by atoms with Crippen molar-refractivity contribution in [2.24, 2.45) is 0 Å². The standard InChI is InChI=1S/C17H18N2O4S/c18-9-14-8-13(11-24-14)16(21)15(20)6-7-19-17(22)23-10-12-4-2-1-3-5-12/h1-5,8,11,15-16,20-21H,6-7,10H2,(H,19,22). The van der Waals surface area contributed by atoms with Crippen LogP contribution in [0.25, 0.3) is 0 Å². The summed E-state index contributed by atoms with van der Waals surface area (Å²) in [6.07, 6.45) is -2.55. The van der Waals surface area contributed by atoms with Crippen LogP contribution >= 0.6 is 11.3 Å². The van der Waals surface area contributed by atoms with Gasteiger partial charge in [-0.15, -0.1) is 11.3 Å². The van der Waals surface area contributed by atoms with E-state index in [0.717, 1.165) is 5.56 Å². The normalized spacial score (nSPS) is 12.9. The maximum atomic E-state index is 11.6. The number of aliphatic hydroxyl groups is 2. The highest BCUT2D eigenvalue weighted by Gasteiger charge is 2.19. The van der Waals surface area contributed by atoms with Crippen LogP contribution in [0.2, 0.25) is 0 Å². The van der Waals surface area contributed by atoms with Gasteiger partial charge in [0, 0.05) is 6.54 Å². The van der Waals surface area contributed by atoms with E-state index in [9.17, 15) is 15.0 Å². The minimum Gasteiger partial charge on any atom is -0.445 e. The molecule has 0 saturated carbocycles. The molecule has 1 aromatic heterocycles. The maximum absolute atomic E-state index is 11.6. The largest absolute Gasteiger partial charge is 0.445 e. The molecule has 24 heavy (non-hydrogen) atoms. The fourth-order valence-corrected chi connectivity index (χ4v) is 2.77. The summed E-state index contributed by atoms with van der Waals surface area (Å²) < 4.78 is 5.04. The third-order valence-electron chi connectivity index (χ3n) is 3.36. The Labute approximate surface area is 143 Å². The number of alkyl carbamates (subject to hydrolysis) is 1. The molecule has 0 bridgehead atoms. The van der Waals surface area contributed by atoms with Gasteiger partial charge in [0.1, 0.15) is 23.7 Å². The average Bonchev–Trinajstić information content (AvgIpc) is 3.09. The van der Waals surface area contributed by atoms with E-state index in [1.165, 1.54) is 11.3 Å². The molecule has 6 nitrogen and oxygen atoms in total. The van der Waals surface area contributed by atoms with Crippen molar-refractivity contribution in [2.75, 3.05) is 6.54 Å². The summed E-state index contributed by atoms with van der Waals surface area (Å²) in [6, 6.07) is 12.8. The second-order valence-electron chi connectivity index (χ2n) is 5.15. The van der Waals surface area contributed by atoms with Crippen LogP contribution in [0.5, 0.6) is 0 Å². The Morgan fingerprint density at radius 3 is 2.75 bits per heavy atom. The number of hydrogen-bond acceptors (Lipinski definition) is 6. The molecule has 0 aliphatic rings. The molecule has 2 unspecified atom stereocenters. The van der Waals surface area contributed by atoms with Crippen LogP contribution in [0.15, 0.2) is 41.8 Å². The summed E-state index contributed by atoms with van der Waals surface area (Å²) in [5.41, 5.74) is 1.38. The van der Waals surface area contributed by atoms with E-state index in [0.29, 0.717) is 10.4 Å². The quantitative estimate of drug-likeness (QED) is 0.714. The second-order valence-corrected chi connectivity index (χ2v) is 6.06. The van der Waals surface area contributed by atoms with Gasteiger partial charge in [-0.2, -0.15) is 5.26 Å². The van der Waals surface area contributed by atoms with E-state index in [4.69, 9.17) is 10.00 Å². The van der Waals surface area contributed by atoms with Crippen LogP contribution in [0.1, 0.15) is 28.5 Å². The van der Waals surface area contributed by atoms with E-state index >= 15 is 0 Å². The van der Waals surface area contributed by atoms with Crippen molar-refractivity contribution in [3.63, 3.8) is 0 Å². The molecule has 7 heteroatoms. The number of benzene rings is 1. The fourth-order valence-electron chi connectivity index (χ4n) is 2.04. The number of ether oxygens (including phenoxy) is 1. The Bertz CT molecular complexity index is 696. The van der Waals surface area contributed by atoms with Gasteiger partial charge in [-0.05, 0) is 29.0 Å². The smallest absolute Gasteiger partial charge is 0.407 e. The molecule has 1 heterocycles. The SMILES string of the molecule is N#Cc1cc(C(O)C(O)CCNC(=O)OCc2ccccc2)cs1. The molecular formula is C17H18N2O4S. The molecule has 0 aliphatic carbocycles. The zero-order chi connectivity index (χ0) is 17.4. The number of carbonyl (C=O) groups is 1. The molecule has 3 N–H and O–H groups in total. The first-order chi connectivity index (χ1) is 11.6. The number of hydrogen-bond donors (Lipinski definition) is 3. The Hall–Kier alpha value is -2.40. The van der Waals surface area contributed by atoms with Gasteiger partial charge in [-0.25, -0.2) is 4.79 Å². The minimum absolute atomic E-state index is 0.166. The number of carbonyl (C=O) groups excluding carboxylic acids is 1. The van der Waals surface area contributed by atoms with Crippen molar-refractivity contribution in [3.8, 4) is 6.07 Å². The first kappa shape index (κ1) is 17.9. The van der Waals surface area contributed by atoms with E-state index in [-0.39, 0.29) is 19.6 Å². The van der Waals surface area contributed by atoms with Gasteiger partial charge < -0.3 is 20.3 Å². The molecule has 126 valence electrons. The zero-order valence-electron chi connectivity index (χ0n) is 12.9. The highest BCUT2D eigenvalue weighted by molar-refractivity contribution is 7.10. The number of aliphatic hydroxyl groups excluding tert-OH is 2. The van der Waals surface area contributed by atoms with Crippen LogP contribution < -0.4 is 5.32 Å². The Morgan fingerprint density at radius 1 is 1.33 bits per heavy atom. The van der Waals surface area contributed by atoms with E-state index in [2.05, 4.69) is 5.32 Å². The molecule has 0 radical (unpaired) electrons. The maximum Gasteiger partial charge on any atom is 0.407 e. The zero-order valence-corrected chi connectivity index (χ0v) is 13.7. The molecule has 2 rings (SSSR count). The molecular weight excluding hydrogens is 328 g/mol. The molecule has 2 atom stereocenters. The van der Waals surface area contributed by atoms with Crippen LogP contribution in [0.4, 0.5) is 4.79 Å². The highest BCUT2D eigenvalue weighted by atomic mass is 32.1. The predicted molar refractivity (Wildman–Crippen MR) is 89.2 cm³/mol. The average molecular weight is 346 g/mol. The summed E-state index contributed by atoms with van der Waals surface area (Å²) in [7, 11) is 0. The van der Waals surface area contributed by atoms with Gasteiger partial charge in [0.05, 0.1) is 6.10 Å². The van der Waals surface area contributed by atoms with Crippen molar-refractivity contribution in [3.05, 3.63) is 57.8 Å². The fraction of sp³-hybridized carbons (Fsp3) is 0.294. The van der Waals surface area contributed by atoms with Gasteiger partial charge in [-0.3, -0.25) is 0 Å². The Morgan fingerprint density at radius 2 is 2.08 bits per heavy atom. The van der Waals surface area contributed by atoms with E-state index < -0.39 is 18.3 Å². The second kappa shape index (κ2) is 9.03. The van der Waals surface area contributed by atoms with Crippen molar-refractivity contribution < 1.29 is 19.7 Å². The summed E-state index contributed by atoms with van der Waals surface area (Å²) in [5, 5.41) is 32.9. The Kier molecular flexibility index (Phi) is 6.75. The van der Waals surface area contributed by atoms with Crippen LogP contribution in [0, 0.1) is 11.3 Å². The van der Waals surface area contributed by atoms with E-state index in [1.54, 1.807) is 11.4 Å². The molecule has 0 fully saturated rings. The number of thiophene rings is 1. The third kappa shape index (κ3) is 5.35. The van der Waals surface area contributed by atoms with Crippen molar-refractivity contribution in [1.82, 2.24) is 5.32 Å². The van der Waals surface area contributed by atoms with Crippen molar-refractivity contribution >= 4 is 17.4 Å². The number of nitriles is 1. The first-order valence-electron chi connectivity index (χ1n) is 7.39. The summed E-state index contributed by atoms with van der Waals surface area (Å²) in [6.45, 7) is 0.338. The lowest BCUT2D eigenvalue weighted by molar-refractivity contribution is 0.0139. The van der Waals surface area contributed by atoms with Gasteiger partial charge in [0.15, 0.2) is 0 Å². The first-order valence-corrected chi connectivity index (χ1v) is 8.27. The monoisotopic (exact) mass is 346 g/mol. The molecule has 0 aliphatic heterocycles. The number of rotatable bonds is 7. The minimum atomic E-state index is -1.09. The summed E-state index contributed by atoms with van der Waals surface area (Å²) in [4.78, 5) is 12.0. The molecule has 0 spiro atoms.